The van der Waals surface area contributed by atoms with Crippen molar-refractivity contribution in [3.8, 4) is 0 Å². The molecule has 4 N–H and O–H groups in total. The molecule has 18 heavy (non-hydrogen) atoms. The number of hydrogen-bond acceptors (Lipinski definition) is 6. The fourth-order valence-electron chi connectivity index (χ4n) is 1.31. The fourth-order valence-corrected chi connectivity index (χ4v) is 2.14. The first kappa shape index (κ1) is 14.2. The Hall–Kier alpha value is -1.83. The Morgan fingerprint density at radius 1 is 1.50 bits per heavy atom. The molecule has 0 saturated heterocycles. The summed E-state index contributed by atoms with van der Waals surface area (Å²) in [6.07, 6.45) is 0. The van der Waals surface area contributed by atoms with Gasteiger partial charge in [-0.25, -0.2) is 4.98 Å². The molecule has 0 aliphatic rings. The molecular weight excluding hydrogens is 254 g/mol. The molecule has 0 aliphatic carbocycles. The number of nitrogen functional groups attached to an aromatic ring is 1. The van der Waals surface area contributed by atoms with E-state index in [1.165, 1.54) is 16.2 Å². The van der Waals surface area contributed by atoms with Gasteiger partial charge in [0, 0.05) is 20.6 Å². The lowest BCUT2D eigenvalue weighted by Gasteiger charge is -2.15. The van der Waals surface area contributed by atoms with Crippen molar-refractivity contribution >= 4 is 34.1 Å². The van der Waals surface area contributed by atoms with E-state index in [2.05, 4.69) is 15.6 Å². The minimum Gasteiger partial charge on any atom is -0.382 e. The zero-order valence-electron chi connectivity index (χ0n) is 10.6. The molecule has 0 unspecified atom stereocenters. The maximum absolute atomic E-state index is 12.0. The number of nitrogens with two attached hydrogens (primary N) is 1. The molecule has 0 aliphatic heterocycles. The number of nitrogens with one attached hydrogen (secondary N) is 2. The number of likely N-dealkylation sites (N-methyl/N-ethyl adjacent to an activating group) is 2. The highest BCUT2D eigenvalue weighted by Gasteiger charge is 2.20. The molecule has 0 atom stereocenters. The highest BCUT2D eigenvalue weighted by Crippen LogP contribution is 2.25. The van der Waals surface area contributed by atoms with Gasteiger partial charge in [-0.05, 0) is 6.92 Å². The third kappa shape index (κ3) is 3.33. The van der Waals surface area contributed by atoms with Crippen molar-refractivity contribution in [2.45, 2.75) is 6.92 Å². The molecule has 1 aromatic rings. The molecule has 0 fully saturated rings. The second kappa shape index (κ2) is 6.20. The third-order valence-corrected chi connectivity index (χ3v) is 3.24. The molecule has 100 valence electrons. The SMILES string of the molecule is CCNC(=O)CN(C)C(=O)c1sc(NC)nc1N. The van der Waals surface area contributed by atoms with Crippen molar-refractivity contribution in [1.82, 2.24) is 15.2 Å². The van der Waals surface area contributed by atoms with Gasteiger partial charge in [-0.3, -0.25) is 9.59 Å². The highest BCUT2D eigenvalue weighted by molar-refractivity contribution is 7.18. The van der Waals surface area contributed by atoms with Gasteiger partial charge < -0.3 is 21.3 Å². The van der Waals surface area contributed by atoms with Gasteiger partial charge in [-0.1, -0.05) is 11.3 Å². The number of hydrogen-bond donors (Lipinski definition) is 3. The summed E-state index contributed by atoms with van der Waals surface area (Å²) in [6.45, 7) is 2.35. The van der Waals surface area contributed by atoms with Crippen LogP contribution in [-0.2, 0) is 4.79 Å². The van der Waals surface area contributed by atoms with E-state index < -0.39 is 0 Å². The summed E-state index contributed by atoms with van der Waals surface area (Å²) in [6, 6.07) is 0. The van der Waals surface area contributed by atoms with Crippen LogP contribution in [0, 0.1) is 0 Å². The summed E-state index contributed by atoms with van der Waals surface area (Å²) in [5.41, 5.74) is 5.66. The standard InChI is InChI=1S/C10H17N5O2S/c1-4-13-6(16)5-15(3)9(17)7-8(11)14-10(12-2)18-7/h4-5,11H2,1-3H3,(H,12,14)(H,13,16). The molecule has 0 bridgehead atoms. The van der Waals surface area contributed by atoms with E-state index in [4.69, 9.17) is 5.73 Å². The van der Waals surface area contributed by atoms with Gasteiger partial charge in [0.15, 0.2) is 5.13 Å². The predicted octanol–water partition coefficient (Wildman–Crippen LogP) is -0.0249. The quantitative estimate of drug-likeness (QED) is 0.698. The topological polar surface area (TPSA) is 100 Å². The number of anilines is 2. The van der Waals surface area contributed by atoms with Gasteiger partial charge in [0.25, 0.3) is 5.91 Å². The first-order valence-electron chi connectivity index (χ1n) is 5.45. The molecule has 1 aromatic heterocycles. The minimum atomic E-state index is -0.308. The monoisotopic (exact) mass is 271 g/mol. The van der Waals surface area contributed by atoms with E-state index in [0.717, 1.165) is 0 Å². The number of carbonyl (C=O) groups is 2. The lowest BCUT2D eigenvalue weighted by molar-refractivity contribution is -0.121. The number of carbonyl (C=O) groups excluding carboxylic acids is 2. The van der Waals surface area contributed by atoms with E-state index in [9.17, 15) is 9.59 Å². The molecule has 0 radical (unpaired) electrons. The van der Waals surface area contributed by atoms with Crippen LogP contribution in [0.5, 0.6) is 0 Å². The lowest BCUT2D eigenvalue weighted by atomic mass is 10.4. The summed E-state index contributed by atoms with van der Waals surface area (Å²) in [5, 5.41) is 6.02. The van der Waals surface area contributed by atoms with Crippen molar-refractivity contribution in [2.75, 3.05) is 38.2 Å². The summed E-state index contributed by atoms with van der Waals surface area (Å²) in [4.78, 5) is 29.1. The van der Waals surface area contributed by atoms with Crippen LogP contribution < -0.4 is 16.4 Å². The van der Waals surface area contributed by atoms with Crippen molar-refractivity contribution in [1.29, 1.82) is 0 Å². The number of nitrogens with zero attached hydrogens (tertiary/aromatic N) is 2. The van der Waals surface area contributed by atoms with E-state index >= 15 is 0 Å². The van der Waals surface area contributed by atoms with Crippen molar-refractivity contribution in [3.63, 3.8) is 0 Å². The minimum absolute atomic E-state index is 0.00109. The van der Waals surface area contributed by atoms with E-state index in [1.807, 2.05) is 6.92 Å². The average molecular weight is 271 g/mol. The third-order valence-electron chi connectivity index (χ3n) is 2.16. The van der Waals surface area contributed by atoms with Gasteiger partial charge in [-0.15, -0.1) is 0 Å². The maximum Gasteiger partial charge on any atom is 0.268 e. The number of thiazole rings is 1. The second-order valence-electron chi connectivity index (χ2n) is 3.60. The number of rotatable bonds is 5. The fraction of sp³-hybridized carbons (Fsp3) is 0.500. The van der Waals surface area contributed by atoms with Gasteiger partial charge in [0.1, 0.15) is 10.7 Å². The highest BCUT2D eigenvalue weighted by atomic mass is 32.1. The summed E-state index contributed by atoms with van der Waals surface area (Å²) < 4.78 is 0. The largest absolute Gasteiger partial charge is 0.382 e. The van der Waals surface area contributed by atoms with Gasteiger partial charge in [0.2, 0.25) is 5.91 Å². The first-order chi connectivity index (χ1) is 8.49. The summed E-state index contributed by atoms with van der Waals surface area (Å²) in [5.74, 6) is -0.333. The van der Waals surface area contributed by atoms with Crippen LogP contribution in [0.4, 0.5) is 10.9 Å². The van der Waals surface area contributed by atoms with Crippen LogP contribution in [-0.4, -0.2) is 48.9 Å². The zero-order chi connectivity index (χ0) is 13.7. The zero-order valence-corrected chi connectivity index (χ0v) is 11.4. The summed E-state index contributed by atoms with van der Waals surface area (Å²) in [7, 11) is 3.25. The molecule has 1 heterocycles. The van der Waals surface area contributed by atoms with Crippen LogP contribution in [0.3, 0.4) is 0 Å². The smallest absolute Gasteiger partial charge is 0.268 e. The van der Waals surface area contributed by atoms with E-state index in [1.54, 1.807) is 14.1 Å². The lowest BCUT2D eigenvalue weighted by Crippen LogP contribution is -2.38. The van der Waals surface area contributed by atoms with Crippen LogP contribution >= 0.6 is 11.3 Å². The molecular formula is C10H17N5O2S. The van der Waals surface area contributed by atoms with Gasteiger partial charge >= 0.3 is 0 Å². The van der Waals surface area contributed by atoms with Gasteiger partial charge in [-0.2, -0.15) is 0 Å². The Balaban J connectivity index is 2.73. The molecule has 0 spiro atoms. The number of aromatic nitrogens is 1. The van der Waals surface area contributed by atoms with Crippen LogP contribution in [0.1, 0.15) is 16.6 Å². The molecule has 0 saturated carbocycles. The number of amides is 2. The first-order valence-corrected chi connectivity index (χ1v) is 6.27. The van der Waals surface area contributed by atoms with E-state index in [-0.39, 0.29) is 24.2 Å². The van der Waals surface area contributed by atoms with Crippen molar-refractivity contribution < 1.29 is 9.59 Å². The summed E-state index contributed by atoms with van der Waals surface area (Å²) >= 11 is 1.17. The Kier molecular flexibility index (Phi) is 4.90. The molecule has 8 heteroatoms. The molecule has 2 amide bonds. The van der Waals surface area contributed by atoms with Crippen LogP contribution in [0.25, 0.3) is 0 Å². The average Bonchev–Trinajstić information content (AvgIpc) is 2.69. The molecule has 7 nitrogen and oxygen atoms in total. The van der Waals surface area contributed by atoms with Gasteiger partial charge in [0.05, 0.1) is 6.54 Å². The normalized spacial score (nSPS) is 9.94. The molecule has 1 rings (SSSR count). The Bertz CT molecular complexity index is 445. The van der Waals surface area contributed by atoms with Crippen LogP contribution in [0.15, 0.2) is 0 Å². The van der Waals surface area contributed by atoms with E-state index in [0.29, 0.717) is 16.6 Å². The maximum atomic E-state index is 12.0. The Morgan fingerprint density at radius 2 is 2.17 bits per heavy atom. The second-order valence-corrected chi connectivity index (χ2v) is 4.60. The predicted molar refractivity (Wildman–Crippen MR) is 71.7 cm³/mol. The van der Waals surface area contributed by atoms with Crippen LogP contribution in [0.2, 0.25) is 0 Å². The Morgan fingerprint density at radius 3 is 2.67 bits per heavy atom. The van der Waals surface area contributed by atoms with Crippen molar-refractivity contribution in [3.05, 3.63) is 4.88 Å². The van der Waals surface area contributed by atoms with Crippen molar-refractivity contribution in [2.24, 2.45) is 0 Å². The molecule has 0 aromatic carbocycles. The Labute approximate surface area is 109 Å².